The van der Waals surface area contributed by atoms with Crippen LogP contribution in [0.5, 0.6) is 5.75 Å². The van der Waals surface area contributed by atoms with E-state index in [-0.39, 0.29) is 18.8 Å². The highest BCUT2D eigenvalue weighted by Gasteiger charge is 2.30. The highest BCUT2D eigenvalue weighted by Crippen LogP contribution is 2.27. The second kappa shape index (κ2) is 7.18. The van der Waals surface area contributed by atoms with E-state index in [9.17, 15) is 9.59 Å². The number of aryl methyl sites for hydroxylation is 1. The molecule has 2 heterocycles. The van der Waals surface area contributed by atoms with E-state index in [1.807, 2.05) is 19.2 Å². The molecule has 0 aliphatic carbocycles. The van der Waals surface area contributed by atoms with Crippen LogP contribution in [0.4, 0.5) is 5.69 Å². The number of para-hydroxylation sites is 2. The van der Waals surface area contributed by atoms with Crippen molar-refractivity contribution < 1.29 is 19.4 Å². The first-order valence-corrected chi connectivity index (χ1v) is 7.74. The number of imide groups is 1. The topological polar surface area (TPSA) is 96.7 Å². The van der Waals surface area contributed by atoms with E-state index in [1.54, 1.807) is 29.1 Å². The Morgan fingerprint density at radius 3 is 2.76 bits per heavy atom. The summed E-state index contributed by atoms with van der Waals surface area (Å²) in [4.78, 5) is 25.0. The lowest BCUT2D eigenvalue weighted by Crippen LogP contribution is -2.34. The number of carbonyl (C=O) groups is 2. The molecule has 0 fully saturated rings. The van der Waals surface area contributed by atoms with Gasteiger partial charge in [0, 0.05) is 19.3 Å². The number of amides is 2. The summed E-state index contributed by atoms with van der Waals surface area (Å²) in [7, 11) is 1.83. The number of aliphatic hydroxyl groups is 1. The zero-order valence-corrected chi connectivity index (χ0v) is 13.7. The average molecular weight is 342 g/mol. The molecule has 0 radical (unpaired) electrons. The number of anilines is 1. The molecule has 25 heavy (non-hydrogen) atoms. The van der Waals surface area contributed by atoms with Crippen LogP contribution in [0.25, 0.3) is 0 Å². The van der Waals surface area contributed by atoms with E-state index in [1.165, 1.54) is 6.08 Å². The maximum absolute atomic E-state index is 12.2. The number of nitrogens with zero attached hydrogens (tertiary/aromatic N) is 3. The number of hydrogen-bond donors (Lipinski definition) is 2. The predicted octanol–water partition coefficient (Wildman–Crippen LogP) is 0.656. The van der Waals surface area contributed by atoms with Crippen LogP contribution in [-0.4, -0.2) is 44.8 Å². The number of rotatable bonds is 7. The van der Waals surface area contributed by atoms with E-state index in [4.69, 9.17) is 9.84 Å². The summed E-state index contributed by atoms with van der Waals surface area (Å²) >= 11 is 0. The number of hydrogen-bond acceptors (Lipinski definition) is 6. The van der Waals surface area contributed by atoms with E-state index >= 15 is 0 Å². The molecule has 1 aliphatic rings. The van der Waals surface area contributed by atoms with Crippen molar-refractivity contribution in [3.8, 4) is 5.75 Å². The Hall–Kier alpha value is -3.13. The molecule has 0 bridgehead atoms. The largest absolute Gasteiger partial charge is 0.485 e. The predicted molar refractivity (Wildman–Crippen MR) is 89.5 cm³/mol. The molecule has 0 saturated carbocycles. The number of β-amino-alcohol motifs (C(OH)–C–C–N with tert-alkyl or cyclic N) is 1. The Balaban J connectivity index is 1.73. The summed E-state index contributed by atoms with van der Waals surface area (Å²) in [5.74, 6) is -0.374. The molecule has 0 unspecified atom stereocenters. The Kier molecular flexibility index (Phi) is 4.80. The van der Waals surface area contributed by atoms with Gasteiger partial charge in [-0.2, -0.15) is 5.10 Å². The van der Waals surface area contributed by atoms with Gasteiger partial charge in [0.2, 0.25) is 0 Å². The van der Waals surface area contributed by atoms with Crippen LogP contribution in [0.1, 0.15) is 5.69 Å². The standard InChI is InChI=1S/C17H18N4O4/c1-20-12(6-7-18-20)11-25-15-5-3-2-4-13(15)19-14-10-16(23)21(8-9-22)17(14)24/h2-7,10,19,22H,8-9,11H2,1H3. The summed E-state index contributed by atoms with van der Waals surface area (Å²) in [6.07, 6.45) is 2.90. The third-order valence-electron chi connectivity index (χ3n) is 3.79. The lowest BCUT2D eigenvalue weighted by Gasteiger charge is -2.15. The van der Waals surface area contributed by atoms with Crippen LogP contribution in [-0.2, 0) is 23.2 Å². The number of nitrogens with one attached hydrogen (secondary N) is 1. The first-order valence-electron chi connectivity index (χ1n) is 7.74. The van der Waals surface area contributed by atoms with Crippen molar-refractivity contribution in [3.63, 3.8) is 0 Å². The van der Waals surface area contributed by atoms with Crippen molar-refractivity contribution >= 4 is 17.5 Å². The number of aliphatic hydroxyl groups excluding tert-OH is 1. The summed E-state index contributed by atoms with van der Waals surface area (Å²) in [5.41, 5.74) is 1.62. The van der Waals surface area contributed by atoms with E-state index < -0.39 is 11.8 Å². The minimum atomic E-state index is -0.472. The van der Waals surface area contributed by atoms with Gasteiger partial charge in [-0.1, -0.05) is 12.1 Å². The van der Waals surface area contributed by atoms with E-state index in [0.29, 0.717) is 18.0 Å². The summed E-state index contributed by atoms with van der Waals surface area (Å²) in [6, 6.07) is 8.99. The Labute approximate surface area is 144 Å². The van der Waals surface area contributed by atoms with Crippen LogP contribution >= 0.6 is 0 Å². The molecule has 0 saturated heterocycles. The minimum Gasteiger partial charge on any atom is -0.485 e. The molecule has 1 aliphatic heterocycles. The maximum atomic E-state index is 12.2. The molecule has 1 aromatic heterocycles. The second-order valence-corrected chi connectivity index (χ2v) is 5.43. The third-order valence-corrected chi connectivity index (χ3v) is 3.79. The monoisotopic (exact) mass is 342 g/mol. The van der Waals surface area contributed by atoms with Gasteiger partial charge in [0.05, 0.1) is 24.5 Å². The van der Waals surface area contributed by atoms with Gasteiger partial charge in [-0.3, -0.25) is 19.2 Å². The molecular weight excluding hydrogens is 324 g/mol. The van der Waals surface area contributed by atoms with Crippen LogP contribution < -0.4 is 10.1 Å². The van der Waals surface area contributed by atoms with Gasteiger partial charge in [0.1, 0.15) is 18.1 Å². The number of ether oxygens (including phenoxy) is 1. The van der Waals surface area contributed by atoms with E-state index in [0.717, 1.165) is 10.6 Å². The Morgan fingerprint density at radius 1 is 1.24 bits per heavy atom. The molecule has 1 aromatic carbocycles. The summed E-state index contributed by atoms with van der Waals surface area (Å²) in [5, 5.41) is 16.0. The molecule has 2 N–H and O–H groups in total. The van der Waals surface area contributed by atoms with Crippen molar-refractivity contribution in [2.45, 2.75) is 6.61 Å². The summed E-state index contributed by atoms with van der Waals surface area (Å²) in [6.45, 7) is 0.0126. The number of aromatic nitrogens is 2. The highest BCUT2D eigenvalue weighted by molar-refractivity contribution is 6.17. The van der Waals surface area contributed by atoms with Crippen LogP contribution in [0.3, 0.4) is 0 Å². The van der Waals surface area contributed by atoms with Crippen LogP contribution in [0, 0.1) is 0 Å². The molecule has 0 spiro atoms. The SMILES string of the molecule is Cn1nccc1COc1ccccc1NC1=CC(=O)N(CCO)C1=O. The smallest absolute Gasteiger partial charge is 0.277 e. The van der Waals surface area contributed by atoms with Gasteiger partial charge in [0.15, 0.2) is 0 Å². The number of benzene rings is 1. The van der Waals surface area contributed by atoms with E-state index in [2.05, 4.69) is 10.4 Å². The first-order chi connectivity index (χ1) is 12.1. The van der Waals surface area contributed by atoms with Gasteiger partial charge in [-0.25, -0.2) is 0 Å². The van der Waals surface area contributed by atoms with Gasteiger partial charge >= 0.3 is 0 Å². The van der Waals surface area contributed by atoms with Crippen LogP contribution in [0.2, 0.25) is 0 Å². The van der Waals surface area contributed by atoms with Crippen molar-refractivity contribution in [2.24, 2.45) is 7.05 Å². The number of carbonyl (C=O) groups excluding carboxylic acids is 2. The zero-order valence-electron chi connectivity index (χ0n) is 13.7. The molecule has 2 amide bonds. The maximum Gasteiger partial charge on any atom is 0.277 e. The Morgan fingerprint density at radius 2 is 2.04 bits per heavy atom. The normalized spacial score (nSPS) is 14.0. The molecule has 130 valence electrons. The van der Waals surface area contributed by atoms with Gasteiger partial charge in [-0.15, -0.1) is 0 Å². The minimum absolute atomic E-state index is 0.0298. The molecular formula is C17H18N4O4. The fourth-order valence-corrected chi connectivity index (χ4v) is 2.45. The zero-order chi connectivity index (χ0) is 17.8. The third kappa shape index (κ3) is 3.53. The molecule has 8 heteroatoms. The molecule has 3 rings (SSSR count). The van der Waals surface area contributed by atoms with Gasteiger partial charge in [0.25, 0.3) is 11.8 Å². The molecule has 0 atom stereocenters. The van der Waals surface area contributed by atoms with Crippen molar-refractivity contribution in [2.75, 3.05) is 18.5 Å². The lowest BCUT2D eigenvalue weighted by atomic mass is 10.2. The first kappa shape index (κ1) is 16.7. The fourth-order valence-electron chi connectivity index (χ4n) is 2.45. The molecule has 8 nitrogen and oxygen atoms in total. The molecule has 2 aromatic rings. The van der Waals surface area contributed by atoms with Crippen molar-refractivity contribution in [1.29, 1.82) is 0 Å². The second-order valence-electron chi connectivity index (χ2n) is 5.43. The van der Waals surface area contributed by atoms with Crippen molar-refractivity contribution in [1.82, 2.24) is 14.7 Å². The summed E-state index contributed by atoms with van der Waals surface area (Å²) < 4.78 is 7.52. The average Bonchev–Trinajstić information content (AvgIpc) is 3.12. The van der Waals surface area contributed by atoms with Crippen molar-refractivity contribution in [3.05, 3.63) is 54.0 Å². The fraction of sp³-hybridized carbons (Fsp3) is 0.235. The quantitative estimate of drug-likeness (QED) is 0.718. The lowest BCUT2D eigenvalue weighted by molar-refractivity contribution is -0.137. The highest BCUT2D eigenvalue weighted by atomic mass is 16.5. The van der Waals surface area contributed by atoms with Gasteiger partial charge in [-0.05, 0) is 18.2 Å². The Bertz CT molecular complexity index is 828. The van der Waals surface area contributed by atoms with Crippen LogP contribution in [0.15, 0.2) is 48.3 Å². The van der Waals surface area contributed by atoms with Gasteiger partial charge < -0.3 is 15.2 Å².